The second-order valence-corrected chi connectivity index (χ2v) is 7.24. The van der Waals surface area contributed by atoms with Crippen LogP contribution in [0.2, 0.25) is 0 Å². The topological polar surface area (TPSA) is 27.7 Å². The molecule has 0 spiro atoms. The van der Waals surface area contributed by atoms with Crippen molar-refractivity contribution in [3.05, 3.63) is 21.7 Å². The van der Waals surface area contributed by atoms with Crippen LogP contribution in [0.1, 0.15) is 17.5 Å². The van der Waals surface area contributed by atoms with Crippen LogP contribution in [0.3, 0.4) is 0 Å². The van der Waals surface area contributed by atoms with Crippen molar-refractivity contribution in [2.45, 2.75) is 25.3 Å². The Morgan fingerprint density at radius 3 is 2.59 bits per heavy atom. The number of piperazine rings is 1. The Morgan fingerprint density at radius 2 is 1.95 bits per heavy atom. The van der Waals surface area contributed by atoms with Gasteiger partial charge in [-0.2, -0.15) is 0 Å². The van der Waals surface area contributed by atoms with Crippen molar-refractivity contribution in [2.24, 2.45) is 0 Å². The zero-order chi connectivity index (χ0) is 15.7. The Labute approximate surface area is 141 Å². The maximum Gasteiger partial charge on any atom is 0.136 e. The van der Waals surface area contributed by atoms with Gasteiger partial charge in [-0.05, 0) is 60.9 Å². The van der Waals surface area contributed by atoms with Crippen LogP contribution < -0.4 is 15.0 Å². The Bertz CT molecular complexity index is 541. The van der Waals surface area contributed by atoms with Crippen molar-refractivity contribution >= 4 is 21.6 Å². The molecule has 1 fully saturated rings. The number of hydrogen-bond donors (Lipinski definition) is 1. The molecule has 22 heavy (non-hydrogen) atoms. The molecule has 1 atom stereocenters. The van der Waals surface area contributed by atoms with Crippen molar-refractivity contribution in [3.63, 3.8) is 0 Å². The van der Waals surface area contributed by atoms with Crippen molar-refractivity contribution in [3.8, 4) is 5.75 Å². The van der Waals surface area contributed by atoms with Gasteiger partial charge in [0.25, 0.3) is 0 Å². The number of nitrogens with zero attached hydrogens (tertiary/aromatic N) is 2. The summed E-state index contributed by atoms with van der Waals surface area (Å²) in [4.78, 5) is 4.94. The van der Waals surface area contributed by atoms with Crippen LogP contribution in [0.25, 0.3) is 0 Å². The van der Waals surface area contributed by atoms with Gasteiger partial charge in [0.1, 0.15) is 5.75 Å². The monoisotopic (exact) mass is 367 g/mol. The number of methoxy groups -OCH3 is 1. The van der Waals surface area contributed by atoms with E-state index in [2.05, 4.69) is 51.2 Å². The fourth-order valence-electron chi connectivity index (χ4n) is 3.66. The number of likely N-dealkylation sites (N-methyl/N-ethyl adjacent to an activating group) is 2. The fourth-order valence-corrected chi connectivity index (χ4v) is 4.28. The molecule has 1 aromatic rings. The molecule has 1 unspecified atom stereocenters. The summed E-state index contributed by atoms with van der Waals surface area (Å²) in [6, 6.07) is 2.84. The van der Waals surface area contributed by atoms with Crippen LogP contribution in [0.4, 0.5) is 5.69 Å². The van der Waals surface area contributed by atoms with Gasteiger partial charge in [0, 0.05) is 43.5 Å². The number of anilines is 1. The van der Waals surface area contributed by atoms with Gasteiger partial charge < -0.3 is 19.9 Å². The molecule has 1 saturated heterocycles. The normalized spacial score (nSPS) is 22.5. The largest absolute Gasteiger partial charge is 0.495 e. The third-order valence-corrected chi connectivity index (χ3v) is 5.67. The summed E-state index contributed by atoms with van der Waals surface area (Å²) < 4.78 is 6.77. The summed E-state index contributed by atoms with van der Waals surface area (Å²) in [6.45, 7) is 4.47. The zero-order valence-corrected chi connectivity index (χ0v) is 15.4. The lowest BCUT2D eigenvalue weighted by atomic mass is 9.86. The lowest BCUT2D eigenvalue weighted by Gasteiger charge is -2.38. The Kier molecular flexibility index (Phi) is 4.95. The van der Waals surface area contributed by atoms with E-state index in [9.17, 15) is 0 Å². The summed E-state index contributed by atoms with van der Waals surface area (Å²) in [5.74, 6) is 1.03. The first kappa shape index (κ1) is 16.1. The van der Waals surface area contributed by atoms with Gasteiger partial charge in [-0.1, -0.05) is 0 Å². The van der Waals surface area contributed by atoms with E-state index < -0.39 is 0 Å². The molecule has 0 radical (unpaired) electrons. The van der Waals surface area contributed by atoms with Gasteiger partial charge >= 0.3 is 0 Å². The summed E-state index contributed by atoms with van der Waals surface area (Å²) >= 11 is 3.72. The van der Waals surface area contributed by atoms with Gasteiger partial charge in [0.15, 0.2) is 0 Å². The van der Waals surface area contributed by atoms with Gasteiger partial charge in [-0.25, -0.2) is 0 Å². The van der Waals surface area contributed by atoms with Gasteiger partial charge in [-0.15, -0.1) is 0 Å². The molecule has 5 heteroatoms. The highest BCUT2D eigenvalue weighted by Gasteiger charge is 2.28. The van der Waals surface area contributed by atoms with E-state index in [1.807, 2.05) is 0 Å². The molecule has 1 aliphatic heterocycles. The number of hydrogen-bond acceptors (Lipinski definition) is 4. The fraction of sp³-hybridized carbons (Fsp3) is 0.647. The number of benzene rings is 1. The molecule has 0 saturated carbocycles. The van der Waals surface area contributed by atoms with E-state index in [-0.39, 0.29) is 0 Å². The van der Waals surface area contributed by atoms with Crippen LogP contribution in [-0.4, -0.2) is 58.3 Å². The third kappa shape index (κ3) is 2.99. The molecular formula is C17H26BrN3O. The van der Waals surface area contributed by atoms with E-state index in [1.54, 1.807) is 7.11 Å². The van der Waals surface area contributed by atoms with Crippen LogP contribution in [-0.2, 0) is 12.8 Å². The van der Waals surface area contributed by atoms with Gasteiger partial charge in [0.05, 0.1) is 11.6 Å². The summed E-state index contributed by atoms with van der Waals surface area (Å²) in [6.07, 6.45) is 3.36. The maximum absolute atomic E-state index is 5.68. The molecule has 1 N–H and O–H groups in total. The number of rotatable bonds is 3. The lowest BCUT2D eigenvalue weighted by Crippen LogP contribution is -2.45. The Morgan fingerprint density at radius 1 is 1.23 bits per heavy atom. The minimum absolute atomic E-state index is 0.574. The Balaban J connectivity index is 2.00. The first-order chi connectivity index (χ1) is 10.6. The summed E-state index contributed by atoms with van der Waals surface area (Å²) in [7, 11) is 6.05. The smallest absolute Gasteiger partial charge is 0.136 e. The molecule has 3 rings (SSSR count). The van der Waals surface area contributed by atoms with Crippen molar-refractivity contribution in [1.29, 1.82) is 0 Å². The Hall–Kier alpha value is -0.780. The standard InChI is InChI=1S/C17H26BrN3O/c1-19-12-4-5-13-14(10-12)16(11-15(18)17(13)22-3)21-8-6-20(2)7-9-21/h11-12,19H,4-10H2,1-3H3. The number of nitrogens with one attached hydrogen (secondary N) is 1. The van der Waals surface area contributed by atoms with Gasteiger partial charge in [-0.3, -0.25) is 0 Å². The highest BCUT2D eigenvalue weighted by atomic mass is 79.9. The second kappa shape index (κ2) is 6.77. The molecule has 122 valence electrons. The van der Waals surface area contributed by atoms with Crippen molar-refractivity contribution < 1.29 is 4.74 Å². The molecule has 0 amide bonds. The maximum atomic E-state index is 5.68. The van der Waals surface area contributed by atoms with E-state index in [1.165, 1.54) is 23.2 Å². The number of ether oxygens (including phenoxy) is 1. The van der Waals surface area contributed by atoms with E-state index in [4.69, 9.17) is 4.74 Å². The molecule has 1 aromatic carbocycles. The molecule has 1 aliphatic carbocycles. The van der Waals surface area contributed by atoms with E-state index >= 15 is 0 Å². The lowest BCUT2D eigenvalue weighted by molar-refractivity contribution is 0.312. The molecule has 4 nitrogen and oxygen atoms in total. The first-order valence-corrected chi connectivity index (χ1v) is 8.92. The highest BCUT2D eigenvalue weighted by Crippen LogP contribution is 2.42. The third-order valence-electron chi connectivity index (χ3n) is 5.08. The second-order valence-electron chi connectivity index (χ2n) is 6.39. The van der Waals surface area contributed by atoms with E-state index in [0.29, 0.717) is 6.04 Å². The average molecular weight is 368 g/mol. The molecule has 0 aromatic heterocycles. The van der Waals surface area contributed by atoms with Crippen molar-refractivity contribution in [1.82, 2.24) is 10.2 Å². The average Bonchev–Trinajstić information content (AvgIpc) is 2.54. The summed E-state index contributed by atoms with van der Waals surface area (Å²) in [5, 5.41) is 3.45. The minimum atomic E-state index is 0.574. The van der Waals surface area contributed by atoms with Crippen LogP contribution in [0.15, 0.2) is 10.5 Å². The van der Waals surface area contributed by atoms with Crippen molar-refractivity contribution in [2.75, 3.05) is 52.3 Å². The predicted octanol–water partition coefficient (Wildman–Crippen LogP) is 2.29. The SMILES string of the molecule is CNC1CCc2c(c(N3CCN(C)CC3)cc(Br)c2OC)C1. The number of halogens is 1. The van der Waals surface area contributed by atoms with Crippen LogP contribution in [0.5, 0.6) is 5.75 Å². The highest BCUT2D eigenvalue weighted by molar-refractivity contribution is 9.10. The summed E-state index contributed by atoms with van der Waals surface area (Å²) in [5.41, 5.74) is 4.28. The molecular weight excluding hydrogens is 342 g/mol. The molecule has 0 bridgehead atoms. The number of fused-ring (bicyclic) bond motifs is 1. The molecule has 2 aliphatic rings. The van der Waals surface area contributed by atoms with E-state index in [0.717, 1.165) is 49.2 Å². The quantitative estimate of drug-likeness (QED) is 0.886. The predicted molar refractivity (Wildman–Crippen MR) is 95.3 cm³/mol. The first-order valence-electron chi connectivity index (χ1n) is 8.13. The van der Waals surface area contributed by atoms with Crippen LogP contribution in [0, 0.1) is 0 Å². The molecule has 1 heterocycles. The minimum Gasteiger partial charge on any atom is -0.495 e. The van der Waals surface area contributed by atoms with Crippen LogP contribution >= 0.6 is 15.9 Å². The zero-order valence-electron chi connectivity index (χ0n) is 13.8. The van der Waals surface area contributed by atoms with Gasteiger partial charge in [0.2, 0.25) is 0 Å².